The van der Waals surface area contributed by atoms with Crippen LogP contribution in [0.3, 0.4) is 0 Å². The van der Waals surface area contributed by atoms with Crippen LogP contribution in [0, 0.1) is 11.3 Å². The highest BCUT2D eigenvalue weighted by atomic mass is 15.3. The molecule has 70 valence electrons. The van der Waals surface area contributed by atoms with Gasteiger partial charge in [0.05, 0.1) is 19.2 Å². The number of hydrogen-bond acceptors (Lipinski definition) is 3. The van der Waals surface area contributed by atoms with E-state index in [-0.39, 0.29) is 0 Å². The summed E-state index contributed by atoms with van der Waals surface area (Å²) in [6.45, 7) is 5.20. The first-order chi connectivity index (χ1) is 6.36. The Kier molecular flexibility index (Phi) is 4.00. The molecule has 0 aliphatic heterocycles. The zero-order valence-corrected chi connectivity index (χ0v) is 7.85. The normalized spacial score (nSPS) is 10.2. The van der Waals surface area contributed by atoms with Crippen molar-refractivity contribution in [3.05, 3.63) is 18.5 Å². The number of nitriles is 1. The van der Waals surface area contributed by atoms with Crippen LogP contribution in [0.25, 0.3) is 0 Å². The minimum atomic E-state index is 0.498. The molecule has 0 aliphatic rings. The van der Waals surface area contributed by atoms with Crippen molar-refractivity contribution >= 4 is 0 Å². The van der Waals surface area contributed by atoms with E-state index in [1.165, 1.54) is 0 Å². The molecule has 0 saturated carbocycles. The average Bonchev–Trinajstić information content (AvgIpc) is 2.64. The topological polar surface area (TPSA) is 44.9 Å². The molecule has 1 rings (SSSR count). The van der Waals surface area contributed by atoms with Gasteiger partial charge in [-0.2, -0.15) is 10.4 Å². The van der Waals surface area contributed by atoms with Crippen molar-refractivity contribution < 1.29 is 0 Å². The lowest BCUT2D eigenvalue weighted by molar-refractivity contribution is 0.301. The molecular weight excluding hydrogens is 164 g/mol. The lowest BCUT2D eigenvalue weighted by atomic mass is 10.4. The second-order valence-electron chi connectivity index (χ2n) is 2.80. The van der Waals surface area contributed by atoms with Crippen LogP contribution in [-0.2, 0) is 6.54 Å². The zero-order valence-electron chi connectivity index (χ0n) is 7.85. The molecule has 0 unspecified atom stereocenters. The summed E-state index contributed by atoms with van der Waals surface area (Å²) in [5.41, 5.74) is 0. The van der Waals surface area contributed by atoms with Gasteiger partial charge in [-0.05, 0) is 12.6 Å². The molecule has 0 aliphatic carbocycles. The SMILES string of the molecule is CCN(CC#N)CCn1cccn1. The van der Waals surface area contributed by atoms with Crippen LogP contribution in [0.2, 0.25) is 0 Å². The maximum atomic E-state index is 8.51. The third-order valence-corrected chi connectivity index (χ3v) is 1.95. The Morgan fingerprint density at radius 1 is 1.62 bits per heavy atom. The van der Waals surface area contributed by atoms with E-state index in [4.69, 9.17) is 5.26 Å². The Hall–Kier alpha value is -1.34. The van der Waals surface area contributed by atoms with Crippen molar-refractivity contribution in [3.63, 3.8) is 0 Å². The van der Waals surface area contributed by atoms with Crippen LogP contribution in [-0.4, -0.2) is 34.3 Å². The Morgan fingerprint density at radius 3 is 3.00 bits per heavy atom. The summed E-state index contributed by atoms with van der Waals surface area (Å²) in [6.07, 6.45) is 3.70. The predicted molar refractivity (Wildman–Crippen MR) is 50.0 cm³/mol. The summed E-state index contributed by atoms with van der Waals surface area (Å²) in [4.78, 5) is 2.08. The predicted octanol–water partition coefficient (Wildman–Crippen LogP) is 0.729. The van der Waals surface area contributed by atoms with E-state index in [1.54, 1.807) is 6.20 Å². The van der Waals surface area contributed by atoms with Gasteiger partial charge in [-0.3, -0.25) is 9.58 Å². The molecule has 1 heterocycles. The molecule has 0 atom stereocenters. The van der Waals surface area contributed by atoms with Crippen LogP contribution in [0.15, 0.2) is 18.5 Å². The van der Waals surface area contributed by atoms with E-state index in [0.717, 1.165) is 19.6 Å². The van der Waals surface area contributed by atoms with Crippen molar-refractivity contribution in [2.75, 3.05) is 19.6 Å². The monoisotopic (exact) mass is 178 g/mol. The quantitative estimate of drug-likeness (QED) is 0.624. The van der Waals surface area contributed by atoms with E-state index in [2.05, 4.69) is 23.0 Å². The molecule has 0 bridgehead atoms. The fraction of sp³-hybridized carbons (Fsp3) is 0.556. The second kappa shape index (κ2) is 5.33. The number of nitrogens with zero attached hydrogens (tertiary/aromatic N) is 4. The van der Waals surface area contributed by atoms with E-state index in [9.17, 15) is 0 Å². The Labute approximate surface area is 78.4 Å². The summed E-state index contributed by atoms with van der Waals surface area (Å²) < 4.78 is 1.88. The van der Waals surface area contributed by atoms with Crippen molar-refractivity contribution in [1.29, 1.82) is 5.26 Å². The highest BCUT2D eigenvalue weighted by Gasteiger charge is 2.00. The summed E-state index contributed by atoms with van der Waals surface area (Å²) in [5.74, 6) is 0. The van der Waals surface area contributed by atoms with Crippen LogP contribution >= 0.6 is 0 Å². The molecule has 1 aromatic heterocycles. The van der Waals surface area contributed by atoms with Crippen LogP contribution in [0.1, 0.15) is 6.92 Å². The molecule has 13 heavy (non-hydrogen) atoms. The highest BCUT2D eigenvalue weighted by molar-refractivity contribution is 4.79. The van der Waals surface area contributed by atoms with Gasteiger partial charge in [-0.1, -0.05) is 6.92 Å². The standard InChI is InChI=1S/C9H14N4/c1-2-12(7-4-10)8-9-13-6-3-5-11-13/h3,5-6H,2,7-9H2,1H3. The smallest absolute Gasteiger partial charge is 0.0866 e. The minimum Gasteiger partial charge on any atom is -0.289 e. The fourth-order valence-electron chi connectivity index (χ4n) is 1.13. The molecule has 0 N–H and O–H groups in total. The molecule has 4 nitrogen and oxygen atoms in total. The highest BCUT2D eigenvalue weighted by Crippen LogP contribution is 1.90. The zero-order chi connectivity index (χ0) is 9.52. The molecule has 0 spiro atoms. The first-order valence-electron chi connectivity index (χ1n) is 4.43. The average molecular weight is 178 g/mol. The summed E-state index contributed by atoms with van der Waals surface area (Å²) in [7, 11) is 0. The van der Waals surface area contributed by atoms with Crippen LogP contribution in [0.4, 0.5) is 0 Å². The summed E-state index contributed by atoms with van der Waals surface area (Å²) in [6, 6.07) is 4.05. The largest absolute Gasteiger partial charge is 0.289 e. The van der Waals surface area contributed by atoms with Gasteiger partial charge in [-0.15, -0.1) is 0 Å². The van der Waals surface area contributed by atoms with E-state index >= 15 is 0 Å². The Bertz CT molecular complexity index is 260. The van der Waals surface area contributed by atoms with Gasteiger partial charge in [0.1, 0.15) is 0 Å². The molecule has 1 aromatic rings. The fourth-order valence-corrected chi connectivity index (χ4v) is 1.13. The maximum absolute atomic E-state index is 8.51. The second-order valence-corrected chi connectivity index (χ2v) is 2.80. The number of rotatable bonds is 5. The van der Waals surface area contributed by atoms with Gasteiger partial charge < -0.3 is 0 Å². The molecule has 4 heteroatoms. The lowest BCUT2D eigenvalue weighted by Gasteiger charge is -2.15. The van der Waals surface area contributed by atoms with E-state index in [1.807, 2.05) is 16.9 Å². The Morgan fingerprint density at radius 2 is 2.46 bits per heavy atom. The van der Waals surface area contributed by atoms with Crippen LogP contribution in [0.5, 0.6) is 0 Å². The van der Waals surface area contributed by atoms with Gasteiger partial charge in [-0.25, -0.2) is 0 Å². The minimum absolute atomic E-state index is 0.498. The lowest BCUT2D eigenvalue weighted by Crippen LogP contribution is -2.27. The van der Waals surface area contributed by atoms with Crippen LogP contribution < -0.4 is 0 Å². The van der Waals surface area contributed by atoms with E-state index in [0.29, 0.717) is 6.54 Å². The molecule has 0 amide bonds. The van der Waals surface area contributed by atoms with Gasteiger partial charge in [0, 0.05) is 18.9 Å². The number of aromatic nitrogens is 2. The van der Waals surface area contributed by atoms with Crippen molar-refractivity contribution in [1.82, 2.24) is 14.7 Å². The summed E-state index contributed by atoms with van der Waals surface area (Å²) in [5, 5.41) is 12.6. The molecule has 0 fully saturated rings. The van der Waals surface area contributed by atoms with Crippen molar-refractivity contribution in [2.45, 2.75) is 13.5 Å². The van der Waals surface area contributed by atoms with Gasteiger partial charge in [0.2, 0.25) is 0 Å². The van der Waals surface area contributed by atoms with E-state index < -0.39 is 0 Å². The third kappa shape index (κ3) is 3.26. The molecule has 0 aromatic carbocycles. The molecular formula is C9H14N4. The maximum Gasteiger partial charge on any atom is 0.0866 e. The van der Waals surface area contributed by atoms with Crippen molar-refractivity contribution in [2.24, 2.45) is 0 Å². The first kappa shape index (κ1) is 9.75. The third-order valence-electron chi connectivity index (χ3n) is 1.95. The van der Waals surface area contributed by atoms with Crippen molar-refractivity contribution in [3.8, 4) is 6.07 Å². The number of likely N-dealkylation sites (N-methyl/N-ethyl adjacent to an activating group) is 1. The Balaban J connectivity index is 2.28. The van der Waals surface area contributed by atoms with Gasteiger partial charge >= 0.3 is 0 Å². The molecule has 0 saturated heterocycles. The first-order valence-corrected chi connectivity index (χ1v) is 4.43. The van der Waals surface area contributed by atoms with Gasteiger partial charge in [0.25, 0.3) is 0 Å². The van der Waals surface area contributed by atoms with Gasteiger partial charge in [0.15, 0.2) is 0 Å². The summed E-state index contributed by atoms with van der Waals surface area (Å²) >= 11 is 0. The molecule has 0 radical (unpaired) electrons. The number of hydrogen-bond donors (Lipinski definition) is 0.